The van der Waals surface area contributed by atoms with Crippen LogP contribution in [0.4, 0.5) is 5.69 Å². The molecular formula is C15H21ClN2OS. The van der Waals surface area contributed by atoms with Crippen LogP contribution in [-0.4, -0.2) is 25.3 Å². The van der Waals surface area contributed by atoms with E-state index in [2.05, 4.69) is 42.0 Å². The molecular weight excluding hydrogens is 292 g/mol. The Hall–Kier alpha value is -0.710. The fourth-order valence-electron chi connectivity index (χ4n) is 3.15. The minimum absolute atomic E-state index is 0. The predicted molar refractivity (Wildman–Crippen MR) is 88.0 cm³/mol. The number of rotatable bonds is 2. The number of halogens is 1. The molecule has 1 aromatic carbocycles. The zero-order chi connectivity index (χ0) is 13.5. The smallest absolute Gasteiger partial charge is 0.236 e. The summed E-state index contributed by atoms with van der Waals surface area (Å²) in [6.45, 7) is 4.00. The molecule has 2 unspecified atom stereocenters. The zero-order valence-electron chi connectivity index (χ0n) is 11.9. The Bertz CT molecular complexity index is 515. The van der Waals surface area contributed by atoms with Gasteiger partial charge >= 0.3 is 0 Å². The van der Waals surface area contributed by atoms with Crippen LogP contribution in [0.2, 0.25) is 0 Å². The molecule has 1 saturated heterocycles. The maximum absolute atomic E-state index is 12.4. The third-order valence-electron chi connectivity index (χ3n) is 4.45. The number of hydrogen-bond acceptors (Lipinski definition) is 3. The van der Waals surface area contributed by atoms with Gasteiger partial charge in [-0.25, -0.2) is 0 Å². The number of hydrogen-bond donors (Lipinski definition) is 2. The number of anilines is 1. The Kier molecular flexibility index (Phi) is 4.67. The van der Waals surface area contributed by atoms with Crippen molar-refractivity contribution < 1.29 is 4.79 Å². The summed E-state index contributed by atoms with van der Waals surface area (Å²) in [7, 11) is 0. The minimum atomic E-state index is -0.332. The molecule has 3 rings (SSSR count). The van der Waals surface area contributed by atoms with E-state index in [1.165, 1.54) is 11.1 Å². The monoisotopic (exact) mass is 312 g/mol. The molecule has 1 spiro atoms. The fraction of sp³-hybridized carbons (Fsp3) is 0.533. The molecule has 2 atom stereocenters. The summed E-state index contributed by atoms with van der Waals surface area (Å²) in [5, 5.41) is 6.91. The van der Waals surface area contributed by atoms with Crippen LogP contribution in [-0.2, 0) is 10.2 Å². The van der Waals surface area contributed by atoms with E-state index in [4.69, 9.17) is 0 Å². The molecule has 1 aromatic rings. The van der Waals surface area contributed by atoms with Crippen LogP contribution in [0, 0.1) is 0 Å². The van der Waals surface area contributed by atoms with Gasteiger partial charge in [0, 0.05) is 17.5 Å². The molecule has 5 heteroatoms. The van der Waals surface area contributed by atoms with Gasteiger partial charge in [-0.2, -0.15) is 11.8 Å². The summed E-state index contributed by atoms with van der Waals surface area (Å²) in [5.41, 5.74) is 3.18. The number of benzene rings is 1. The highest BCUT2D eigenvalue weighted by molar-refractivity contribution is 7.98. The second-order valence-corrected chi connectivity index (χ2v) is 6.68. The average Bonchev–Trinajstić information content (AvgIpc) is 2.71. The lowest BCUT2D eigenvalue weighted by atomic mass is 9.75. The molecule has 1 amide bonds. The number of carbonyl (C=O) groups is 1. The van der Waals surface area contributed by atoms with Crippen LogP contribution < -0.4 is 10.6 Å². The quantitative estimate of drug-likeness (QED) is 0.881. The number of amides is 1. The molecule has 2 heterocycles. The van der Waals surface area contributed by atoms with Crippen molar-refractivity contribution in [2.24, 2.45) is 0 Å². The van der Waals surface area contributed by atoms with E-state index < -0.39 is 0 Å². The molecule has 0 aromatic heterocycles. The second kappa shape index (κ2) is 5.96. The molecule has 20 heavy (non-hydrogen) atoms. The molecule has 0 bridgehead atoms. The van der Waals surface area contributed by atoms with Gasteiger partial charge in [0.1, 0.15) is 0 Å². The maximum Gasteiger partial charge on any atom is 0.236 e. The summed E-state index contributed by atoms with van der Waals surface area (Å²) < 4.78 is 0. The van der Waals surface area contributed by atoms with E-state index in [9.17, 15) is 4.79 Å². The molecule has 1 fully saturated rings. The van der Waals surface area contributed by atoms with Crippen LogP contribution in [0.1, 0.15) is 36.1 Å². The molecule has 2 N–H and O–H groups in total. The number of fused-ring (bicyclic) bond motifs is 2. The Morgan fingerprint density at radius 2 is 2.20 bits per heavy atom. The van der Waals surface area contributed by atoms with E-state index in [1.54, 1.807) is 0 Å². The van der Waals surface area contributed by atoms with E-state index >= 15 is 0 Å². The van der Waals surface area contributed by atoms with Gasteiger partial charge in [0.25, 0.3) is 0 Å². The zero-order valence-corrected chi connectivity index (χ0v) is 13.5. The van der Waals surface area contributed by atoms with E-state index in [0.717, 1.165) is 31.6 Å². The van der Waals surface area contributed by atoms with Crippen LogP contribution in [0.3, 0.4) is 0 Å². The first-order valence-corrected chi connectivity index (χ1v) is 8.15. The highest BCUT2D eigenvalue weighted by Crippen LogP contribution is 2.43. The van der Waals surface area contributed by atoms with Crippen LogP contribution in [0.25, 0.3) is 0 Å². The van der Waals surface area contributed by atoms with Gasteiger partial charge in [0.05, 0.1) is 5.41 Å². The van der Waals surface area contributed by atoms with Crippen LogP contribution in [0.15, 0.2) is 18.2 Å². The number of thioether (sulfide) groups is 1. The molecule has 3 nitrogen and oxygen atoms in total. The van der Waals surface area contributed by atoms with Crippen molar-refractivity contribution in [3.8, 4) is 0 Å². The third-order valence-corrected chi connectivity index (χ3v) is 5.43. The summed E-state index contributed by atoms with van der Waals surface area (Å²) in [5.74, 6) is 0.170. The van der Waals surface area contributed by atoms with E-state index in [1.807, 2.05) is 11.8 Å². The van der Waals surface area contributed by atoms with Crippen molar-refractivity contribution >= 4 is 35.8 Å². The standard InChI is InChI=1S/C15H20N2OS.ClH/c1-10(19-2)11-4-5-13-12(8-11)15(14(18)17-13)6-3-7-16-9-15;/h4-5,8,10,16H,3,6-7,9H2,1-2H3,(H,17,18);1H. The molecule has 2 aliphatic rings. The Morgan fingerprint density at radius 1 is 1.40 bits per heavy atom. The average molecular weight is 313 g/mol. The Morgan fingerprint density at radius 3 is 2.85 bits per heavy atom. The molecule has 110 valence electrons. The van der Waals surface area contributed by atoms with Crippen LogP contribution >= 0.6 is 24.2 Å². The maximum atomic E-state index is 12.4. The second-order valence-electron chi connectivity index (χ2n) is 5.50. The predicted octanol–water partition coefficient (Wildman–Crippen LogP) is 3.11. The summed E-state index contributed by atoms with van der Waals surface area (Å²) in [4.78, 5) is 12.4. The highest BCUT2D eigenvalue weighted by Gasteiger charge is 2.47. The van der Waals surface area contributed by atoms with Crippen molar-refractivity contribution in [3.63, 3.8) is 0 Å². The van der Waals surface area contributed by atoms with E-state index in [0.29, 0.717) is 5.25 Å². The largest absolute Gasteiger partial charge is 0.325 e. The first-order valence-electron chi connectivity index (χ1n) is 6.87. The van der Waals surface area contributed by atoms with Crippen LogP contribution in [0.5, 0.6) is 0 Å². The lowest BCUT2D eigenvalue weighted by Crippen LogP contribution is -2.47. The lowest BCUT2D eigenvalue weighted by Gasteiger charge is -2.32. The molecule has 0 aliphatic carbocycles. The Balaban J connectivity index is 0.00000147. The number of piperidine rings is 1. The molecule has 0 radical (unpaired) electrons. The third kappa shape index (κ3) is 2.34. The number of nitrogens with one attached hydrogen (secondary N) is 2. The van der Waals surface area contributed by atoms with Gasteiger partial charge in [-0.05, 0) is 49.8 Å². The number of carbonyl (C=O) groups excluding carboxylic acids is 1. The van der Waals surface area contributed by atoms with Crippen molar-refractivity contribution in [2.75, 3.05) is 24.7 Å². The first kappa shape index (κ1) is 15.7. The van der Waals surface area contributed by atoms with E-state index in [-0.39, 0.29) is 23.7 Å². The Labute approximate surface area is 130 Å². The van der Waals surface area contributed by atoms with Crippen molar-refractivity contribution in [2.45, 2.75) is 30.4 Å². The van der Waals surface area contributed by atoms with Gasteiger partial charge in [-0.3, -0.25) is 4.79 Å². The topological polar surface area (TPSA) is 41.1 Å². The lowest BCUT2D eigenvalue weighted by molar-refractivity contribution is -0.121. The molecule has 2 aliphatic heterocycles. The first-order chi connectivity index (χ1) is 9.17. The summed E-state index contributed by atoms with van der Waals surface area (Å²) in [6, 6.07) is 6.44. The normalized spacial score (nSPS) is 25.8. The van der Waals surface area contributed by atoms with Crippen molar-refractivity contribution in [1.29, 1.82) is 0 Å². The SMILES string of the molecule is CSC(C)c1ccc2c(c1)C1(CCCNC1)C(=O)N2.Cl. The highest BCUT2D eigenvalue weighted by atomic mass is 35.5. The summed E-state index contributed by atoms with van der Waals surface area (Å²) >= 11 is 1.84. The fourth-order valence-corrected chi connectivity index (χ4v) is 3.57. The van der Waals surface area contributed by atoms with Gasteiger partial charge in [-0.1, -0.05) is 12.1 Å². The van der Waals surface area contributed by atoms with Gasteiger partial charge in [-0.15, -0.1) is 12.4 Å². The van der Waals surface area contributed by atoms with Gasteiger partial charge < -0.3 is 10.6 Å². The van der Waals surface area contributed by atoms with Gasteiger partial charge in [0.15, 0.2) is 0 Å². The minimum Gasteiger partial charge on any atom is -0.325 e. The van der Waals surface area contributed by atoms with Crippen molar-refractivity contribution in [1.82, 2.24) is 5.32 Å². The van der Waals surface area contributed by atoms with Crippen molar-refractivity contribution in [3.05, 3.63) is 29.3 Å². The van der Waals surface area contributed by atoms with Gasteiger partial charge in [0.2, 0.25) is 5.91 Å². The summed E-state index contributed by atoms with van der Waals surface area (Å²) in [6.07, 6.45) is 4.14. The molecule has 0 saturated carbocycles.